The Morgan fingerprint density at radius 2 is 1.92 bits per heavy atom. The first-order valence-corrected chi connectivity index (χ1v) is 7.62. The Hall–Kier alpha value is -2.76. The largest absolute Gasteiger partial charge is 0.493 e. The minimum absolute atomic E-state index is 0.0598. The highest BCUT2D eigenvalue weighted by Crippen LogP contribution is 2.28. The second kappa shape index (κ2) is 7.68. The van der Waals surface area contributed by atoms with Crippen molar-refractivity contribution in [1.82, 2.24) is 9.88 Å². The van der Waals surface area contributed by atoms with Crippen molar-refractivity contribution in [2.75, 3.05) is 13.7 Å². The van der Waals surface area contributed by atoms with E-state index in [9.17, 15) is 9.59 Å². The molecule has 0 saturated carbocycles. The van der Waals surface area contributed by atoms with E-state index in [4.69, 9.17) is 9.47 Å². The number of ketones is 1. The molecule has 0 saturated heterocycles. The molecule has 1 aromatic carbocycles. The fourth-order valence-electron chi connectivity index (χ4n) is 2.23. The topological polar surface area (TPSA) is 69.6 Å². The summed E-state index contributed by atoms with van der Waals surface area (Å²) in [4.78, 5) is 23.3. The van der Waals surface area contributed by atoms with E-state index in [1.165, 1.54) is 14.0 Å². The number of aromatic nitrogens is 1. The molecule has 6 heteroatoms. The third-order valence-electron chi connectivity index (χ3n) is 3.87. The second-order valence-electron chi connectivity index (χ2n) is 5.51. The van der Waals surface area contributed by atoms with Gasteiger partial charge in [-0.3, -0.25) is 9.59 Å². The second-order valence-corrected chi connectivity index (χ2v) is 5.51. The summed E-state index contributed by atoms with van der Waals surface area (Å²) in [6, 6.07) is 8.84. The monoisotopic (exact) mass is 330 g/mol. The lowest BCUT2D eigenvalue weighted by atomic mass is 10.1. The van der Waals surface area contributed by atoms with Gasteiger partial charge >= 0.3 is 0 Å². The molecule has 0 bridgehead atoms. The summed E-state index contributed by atoms with van der Waals surface area (Å²) in [7, 11) is 3.44. The molecule has 24 heavy (non-hydrogen) atoms. The third-order valence-corrected chi connectivity index (χ3v) is 3.87. The van der Waals surface area contributed by atoms with Gasteiger partial charge in [0.2, 0.25) is 0 Å². The third kappa shape index (κ3) is 4.16. The highest BCUT2D eigenvalue weighted by atomic mass is 16.5. The van der Waals surface area contributed by atoms with E-state index < -0.39 is 0 Å². The lowest BCUT2D eigenvalue weighted by molar-refractivity contribution is -0.123. The number of carbonyl (C=O) groups is 2. The molecule has 0 aliphatic rings. The normalized spacial score (nSPS) is 10.3. The predicted octanol–water partition coefficient (Wildman–Crippen LogP) is 2.24. The first kappa shape index (κ1) is 17.6. The molecule has 0 aliphatic carbocycles. The summed E-state index contributed by atoms with van der Waals surface area (Å²) in [6.45, 7) is 3.80. The van der Waals surface area contributed by atoms with Crippen molar-refractivity contribution < 1.29 is 19.1 Å². The molecule has 0 aliphatic heterocycles. The maximum atomic E-state index is 11.9. The van der Waals surface area contributed by atoms with Crippen LogP contribution in [0.15, 0.2) is 30.3 Å². The average Bonchev–Trinajstić information content (AvgIpc) is 2.89. The van der Waals surface area contributed by atoms with Crippen molar-refractivity contribution >= 4 is 11.7 Å². The first-order valence-electron chi connectivity index (χ1n) is 7.62. The quantitative estimate of drug-likeness (QED) is 0.791. The van der Waals surface area contributed by atoms with Crippen molar-refractivity contribution in [3.8, 4) is 11.5 Å². The van der Waals surface area contributed by atoms with Crippen LogP contribution in [0.25, 0.3) is 0 Å². The number of nitrogens with zero attached hydrogens (tertiary/aromatic N) is 1. The van der Waals surface area contributed by atoms with Gasteiger partial charge < -0.3 is 19.4 Å². The van der Waals surface area contributed by atoms with Crippen LogP contribution in [0.3, 0.4) is 0 Å². The van der Waals surface area contributed by atoms with E-state index in [1.807, 2.05) is 30.7 Å². The van der Waals surface area contributed by atoms with E-state index in [-0.39, 0.29) is 18.3 Å². The van der Waals surface area contributed by atoms with Gasteiger partial charge in [-0.05, 0) is 44.2 Å². The predicted molar refractivity (Wildman–Crippen MR) is 90.5 cm³/mol. The van der Waals surface area contributed by atoms with E-state index in [2.05, 4.69) is 5.32 Å². The number of ether oxygens (including phenoxy) is 2. The molecule has 0 radical (unpaired) electrons. The highest BCUT2D eigenvalue weighted by molar-refractivity contribution is 5.94. The van der Waals surface area contributed by atoms with Gasteiger partial charge in [-0.15, -0.1) is 0 Å². The molecule has 6 nitrogen and oxygen atoms in total. The molecule has 0 fully saturated rings. The number of rotatable bonds is 7. The molecule has 1 N–H and O–H groups in total. The number of amides is 1. The van der Waals surface area contributed by atoms with Gasteiger partial charge in [-0.25, -0.2) is 0 Å². The maximum absolute atomic E-state index is 11.9. The summed E-state index contributed by atoms with van der Waals surface area (Å²) in [5.74, 6) is 0.558. The molecule has 1 heterocycles. The smallest absolute Gasteiger partial charge is 0.258 e. The molecule has 1 aromatic heterocycles. The fourth-order valence-corrected chi connectivity index (χ4v) is 2.23. The molecule has 128 valence electrons. The number of nitrogens with one attached hydrogen (secondary N) is 1. The lowest BCUT2D eigenvalue weighted by Gasteiger charge is -2.12. The van der Waals surface area contributed by atoms with Gasteiger partial charge in [0, 0.05) is 24.0 Å². The van der Waals surface area contributed by atoms with Crippen molar-refractivity contribution in [2.45, 2.75) is 20.4 Å². The van der Waals surface area contributed by atoms with Gasteiger partial charge in [0.15, 0.2) is 23.9 Å². The van der Waals surface area contributed by atoms with E-state index in [0.29, 0.717) is 23.6 Å². The van der Waals surface area contributed by atoms with Crippen LogP contribution in [-0.2, 0) is 18.4 Å². The molecule has 2 rings (SSSR count). The van der Waals surface area contributed by atoms with Crippen LogP contribution in [0.2, 0.25) is 0 Å². The first-order chi connectivity index (χ1) is 11.4. The zero-order valence-electron chi connectivity index (χ0n) is 14.4. The Balaban J connectivity index is 1.91. The molecule has 0 atom stereocenters. The standard InChI is InChI=1S/C18H22N2O4/c1-12-5-7-15(20(12)3)10-19-18(22)11-24-16-8-6-14(13(2)21)9-17(16)23-4/h5-9H,10-11H2,1-4H3,(H,19,22). The fraction of sp³-hybridized carbons (Fsp3) is 0.333. The zero-order valence-corrected chi connectivity index (χ0v) is 14.4. The van der Waals surface area contributed by atoms with Crippen molar-refractivity contribution in [1.29, 1.82) is 0 Å². The summed E-state index contributed by atoms with van der Waals surface area (Å²) in [5, 5.41) is 2.81. The Morgan fingerprint density at radius 1 is 1.17 bits per heavy atom. The highest BCUT2D eigenvalue weighted by Gasteiger charge is 2.11. The van der Waals surface area contributed by atoms with Gasteiger partial charge in [-0.2, -0.15) is 0 Å². The molecule has 0 unspecified atom stereocenters. The summed E-state index contributed by atoms with van der Waals surface area (Å²) in [6.07, 6.45) is 0. The molecular weight excluding hydrogens is 308 g/mol. The van der Waals surface area contributed by atoms with Crippen LogP contribution in [-0.4, -0.2) is 30.0 Å². The Bertz CT molecular complexity index is 749. The van der Waals surface area contributed by atoms with Gasteiger partial charge in [0.1, 0.15) is 0 Å². The number of hydrogen-bond acceptors (Lipinski definition) is 4. The van der Waals surface area contributed by atoms with E-state index in [1.54, 1.807) is 18.2 Å². The number of carbonyl (C=O) groups excluding carboxylic acids is 2. The minimum atomic E-state index is -0.230. The molecule has 1 amide bonds. The molecular formula is C18H22N2O4. The van der Waals surface area contributed by atoms with E-state index >= 15 is 0 Å². The lowest BCUT2D eigenvalue weighted by Crippen LogP contribution is -2.29. The minimum Gasteiger partial charge on any atom is -0.493 e. The number of hydrogen-bond donors (Lipinski definition) is 1. The SMILES string of the molecule is COc1cc(C(C)=O)ccc1OCC(=O)NCc1ccc(C)n1C. The number of benzene rings is 1. The van der Waals surface area contributed by atoms with Crippen LogP contribution < -0.4 is 14.8 Å². The Labute approximate surface area is 141 Å². The van der Waals surface area contributed by atoms with Crippen LogP contribution in [0, 0.1) is 6.92 Å². The number of methoxy groups -OCH3 is 1. The van der Waals surface area contributed by atoms with Crippen molar-refractivity contribution in [3.63, 3.8) is 0 Å². The Kier molecular flexibility index (Phi) is 5.63. The Morgan fingerprint density at radius 3 is 2.50 bits per heavy atom. The van der Waals surface area contributed by atoms with Crippen molar-refractivity contribution in [2.24, 2.45) is 7.05 Å². The summed E-state index contributed by atoms with van der Waals surface area (Å²) >= 11 is 0. The van der Waals surface area contributed by atoms with Crippen LogP contribution in [0.5, 0.6) is 11.5 Å². The van der Waals surface area contributed by atoms with Gasteiger partial charge in [-0.1, -0.05) is 0 Å². The number of aryl methyl sites for hydroxylation is 1. The zero-order chi connectivity index (χ0) is 17.7. The van der Waals surface area contributed by atoms with E-state index in [0.717, 1.165) is 11.4 Å². The number of Topliss-reactive ketones (excluding diaryl/α,β-unsaturated/α-hetero) is 1. The molecule has 2 aromatic rings. The van der Waals surface area contributed by atoms with Crippen LogP contribution >= 0.6 is 0 Å². The summed E-state index contributed by atoms with van der Waals surface area (Å²) < 4.78 is 12.7. The van der Waals surface area contributed by atoms with Gasteiger partial charge in [0.05, 0.1) is 13.7 Å². The maximum Gasteiger partial charge on any atom is 0.258 e. The van der Waals surface area contributed by atoms with Crippen LogP contribution in [0.1, 0.15) is 28.7 Å². The van der Waals surface area contributed by atoms with Gasteiger partial charge in [0.25, 0.3) is 5.91 Å². The van der Waals surface area contributed by atoms with Crippen molar-refractivity contribution in [3.05, 3.63) is 47.3 Å². The summed E-state index contributed by atoms with van der Waals surface area (Å²) in [5.41, 5.74) is 2.68. The molecule has 0 spiro atoms. The average molecular weight is 330 g/mol. The van der Waals surface area contributed by atoms with Crippen LogP contribution in [0.4, 0.5) is 0 Å².